The van der Waals surface area contributed by atoms with Crippen LogP contribution in [0, 0.1) is 0 Å². The first-order valence-corrected chi connectivity index (χ1v) is 5.84. The van der Waals surface area contributed by atoms with Gasteiger partial charge in [0.15, 0.2) is 0 Å². The number of aliphatic imine (C=N–C) groups is 1. The minimum atomic E-state index is -0.123. The maximum absolute atomic E-state index is 11.9. The van der Waals surface area contributed by atoms with E-state index in [1.54, 1.807) is 46.4 Å². The molecule has 0 saturated carbocycles. The third kappa shape index (κ3) is 2.45. The Morgan fingerprint density at radius 1 is 1.26 bits per heavy atom. The highest BCUT2D eigenvalue weighted by Crippen LogP contribution is 2.27. The zero-order valence-electron chi connectivity index (χ0n) is 11.4. The molecule has 0 spiro atoms. The van der Waals surface area contributed by atoms with E-state index in [0.717, 1.165) is 5.56 Å². The molecule has 0 aromatic heterocycles. The van der Waals surface area contributed by atoms with Crippen molar-refractivity contribution in [3.63, 3.8) is 0 Å². The molecule has 0 radical (unpaired) electrons. The van der Waals surface area contributed by atoms with E-state index >= 15 is 0 Å². The number of hydrogen-bond donors (Lipinski definition) is 0. The molecule has 1 aromatic carbocycles. The van der Waals surface area contributed by atoms with Crippen LogP contribution in [0.15, 0.2) is 28.9 Å². The van der Waals surface area contributed by atoms with Crippen LogP contribution in [-0.2, 0) is 4.79 Å². The Morgan fingerprint density at radius 2 is 2.00 bits per heavy atom. The number of ether oxygens (including phenoxy) is 2. The first-order valence-electron chi connectivity index (χ1n) is 5.84. The molecule has 0 aliphatic carbocycles. The third-order valence-corrected chi connectivity index (χ3v) is 3.02. The second kappa shape index (κ2) is 5.14. The van der Waals surface area contributed by atoms with E-state index in [1.165, 1.54) is 4.90 Å². The number of likely N-dealkylation sites (N-methyl/N-ethyl adjacent to an activating group) is 1. The Kier molecular flexibility index (Phi) is 3.55. The lowest BCUT2D eigenvalue weighted by Crippen LogP contribution is -2.25. The SMILES string of the molecule is COc1ccc(OC)c(/C=C2\N=C(C)N(C)C2=O)c1. The van der Waals surface area contributed by atoms with Crippen LogP contribution in [0.5, 0.6) is 11.5 Å². The molecule has 1 aliphatic heterocycles. The summed E-state index contributed by atoms with van der Waals surface area (Å²) in [7, 11) is 4.88. The number of nitrogens with zero attached hydrogens (tertiary/aromatic N) is 2. The van der Waals surface area contributed by atoms with Crippen molar-refractivity contribution in [2.24, 2.45) is 4.99 Å². The molecule has 2 rings (SSSR count). The van der Waals surface area contributed by atoms with Crippen LogP contribution in [-0.4, -0.2) is 37.9 Å². The van der Waals surface area contributed by atoms with Crippen molar-refractivity contribution < 1.29 is 14.3 Å². The molecule has 0 unspecified atom stereocenters. The van der Waals surface area contributed by atoms with E-state index in [2.05, 4.69) is 4.99 Å². The Morgan fingerprint density at radius 3 is 2.53 bits per heavy atom. The fourth-order valence-electron chi connectivity index (χ4n) is 1.81. The Bertz CT molecular complexity index is 576. The van der Waals surface area contributed by atoms with Gasteiger partial charge < -0.3 is 9.47 Å². The molecule has 1 aromatic rings. The molecule has 0 atom stereocenters. The van der Waals surface area contributed by atoms with Gasteiger partial charge in [-0.25, -0.2) is 4.99 Å². The van der Waals surface area contributed by atoms with Gasteiger partial charge in [0.05, 0.1) is 14.2 Å². The summed E-state index contributed by atoms with van der Waals surface area (Å²) < 4.78 is 10.4. The van der Waals surface area contributed by atoms with Crippen molar-refractivity contribution in [1.82, 2.24) is 4.90 Å². The Hall–Kier alpha value is -2.30. The molecule has 5 nitrogen and oxygen atoms in total. The predicted octanol–water partition coefficient (Wildman–Crippen LogP) is 1.94. The lowest BCUT2D eigenvalue weighted by atomic mass is 10.1. The van der Waals surface area contributed by atoms with Gasteiger partial charge in [-0.1, -0.05) is 0 Å². The van der Waals surface area contributed by atoms with Gasteiger partial charge in [-0.3, -0.25) is 9.69 Å². The number of rotatable bonds is 3. The van der Waals surface area contributed by atoms with E-state index < -0.39 is 0 Å². The lowest BCUT2D eigenvalue weighted by molar-refractivity contribution is -0.121. The summed E-state index contributed by atoms with van der Waals surface area (Å²) in [5, 5.41) is 0. The van der Waals surface area contributed by atoms with Gasteiger partial charge in [-0.05, 0) is 31.2 Å². The van der Waals surface area contributed by atoms with E-state index in [1.807, 2.05) is 6.07 Å². The normalized spacial score (nSPS) is 16.8. The molecule has 1 aliphatic rings. The average Bonchev–Trinajstić information content (AvgIpc) is 2.66. The van der Waals surface area contributed by atoms with Crippen molar-refractivity contribution in [2.45, 2.75) is 6.92 Å². The van der Waals surface area contributed by atoms with Gasteiger partial charge >= 0.3 is 0 Å². The first-order chi connectivity index (χ1) is 9.06. The summed E-state index contributed by atoms with van der Waals surface area (Å²) in [4.78, 5) is 17.7. The fraction of sp³-hybridized carbons (Fsp3) is 0.286. The zero-order chi connectivity index (χ0) is 14.0. The van der Waals surface area contributed by atoms with E-state index in [-0.39, 0.29) is 5.91 Å². The molecule has 0 saturated heterocycles. The topological polar surface area (TPSA) is 51.1 Å². The molecular formula is C14H16N2O3. The largest absolute Gasteiger partial charge is 0.497 e. The van der Waals surface area contributed by atoms with Crippen molar-refractivity contribution in [2.75, 3.05) is 21.3 Å². The minimum Gasteiger partial charge on any atom is -0.497 e. The molecule has 0 bridgehead atoms. The third-order valence-electron chi connectivity index (χ3n) is 3.02. The monoisotopic (exact) mass is 260 g/mol. The standard InChI is InChI=1S/C14H16N2O3/c1-9-15-12(14(17)16(9)2)8-10-7-11(18-3)5-6-13(10)19-4/h5-8H,1-4H3/b12-8-. The minimum absolute atomic E-state index is 0.123. The average molecular weight is 260 g/mol. The number of benzene rings is 1. The maximum atomic E-state index is 11.9. The van der Waals surface area contributed by atoms with Crippen molar-refractivity contribution in [3.8, 4) is 11.5 Å². The molecule has 5 heteroatoms. The first kappa shape index (κ1) is 13.1. The van der Waals surface area contributed by atoms with E-state index in [0.29, 0.717) is 23.0 Å². The van der Waals surface area contributed by atoms with Crippen LogP contribution in [0.1, 0.15) is 12.5 Å². The van der Waals surface area contributed by atoms with Gasteiger partial charge in [0.25, 0.3) is 5.91 Å². The van der Waals surface area contributed by atoms with Gasteiger partial charge in [-0.15, -0.1) is 0 Å². The van der Waals surface area contributed by atoms with Gasteiger partial charge in [0.1, 0.15) is 23.0 Å². The van der Waals surface area contributed by atoms with Crippen LogP contribution in [0.2, 0.25) is 0 Å². The smallest absolute Gasteiger partial charge is 0.277 e. The summed E-state index contributed by atoms with van der Waals surface area (Å²) in [6.45, 7) is 1.79. The summed E-state index contributed by atoms with van der Waals surface area (Å²) >= 11 is 0. The van der Waals surface area contributed by atoms with Gasteiger partial charge in [0, 0.05) is 12.6 Å². The molecule has 19 heavy (non-hydrogen) atoms. The van der Waals surface area contributed by atoms with Crippen LogP contribution < -0.4 is 9.47 Å². The predicted molar refractivity (Wildman–Crippen MR) is 73.4 cm³/mol. The summed E-state index contributed by atoms with van der Waals surface area (Å²) in [6, 6.07) is 5.41. The highest BCUT2D eigenvalue weighted by molar-refractivity contribution is 6.13. The van der Waals surface area contributed by atoms with Gasteiger partial charge in [-0.2, -0.15) is 0 Å². The molecule has 0 fully saturated rings. The molecule has 0 N–H and O–H groups in total. The number of amides is 1. The number of hydrogen-bond acceptors (Lipinski definition) is 4. The number of methoxy groups -OCH3 is 2. The van der Waals surface area contributed by atoms with Gasteiger partial charge in [0.2, 0.25) is 0 Å². The number of amidine groups is 1. The summed E-state index contributed by atoms with van der Waals surface area (Å²) in [5.41, 5.74) is 1.16. The van der Waals surface area contributed by atoms with Crippen molar-refractivity contribution in [3.05, 3.63) is 29.5 Å². The Balaban J connectivity index is 2.45. The summed E-state index contributed by atoms with van der Waals surface area (Å²) in [5.74, 6) is 1.93. The highest BCUT2D eigenvalue weighted by Gasteiger charge is 2.24. The number of carbonyl (C=O) groups excluding carboxylic acids is 1. The lowest BCUT2D eigenvalue weighted by Gasteiger charge is -2.08. The number of carbonyl (C=O) groups is 1. The second-order valence-corrected chi connectivity index (χ2v) is 4.16. The zero-order valence-corrected chi connectivity index (χ0v) is 11.4. The highest BCUT2D eigenvalue weighted by atomic mass is 16.5. The maximum Gasteiger partial charge on any atom is 0.277 e. The second-order valence-electron chi connectivity index (χ2n) is 4.16. The molecular weight excluding hydrogens is 244 g/mol. The van der Waals surface area contributed by atoms with E-state index in [9.17, 15) is 4.79 Å². The van der Waals surface area contributed by atoms with Crippen LogP contribution in [0.3, 0.4) is 0 Å². The van der Waals surface area contributed by atoms with Crippen molar-refractivity contribution >= 4 is 17.8 Å². The van der Waals surface area contributed by atoms with Crippen LogP contribution >= 0.6 is 0 Å². The van der Waals surface area contributed by atoms with E-state index in [4.69, 9.17) is 9.47 Å². The van der Waals surface area contributed by atoms with Crippen LogP contribution in [0.25, 0.3) is 6.08 Å². The fourth-order valence-corrected chi connectivity index (χ4v) is 1.81. The van der Waals surface area contributed by atoms with Crippen LogP contribution in [0.4, 0.5) is 0 Å². The Labute approximate surface area is 112 Å². The molecule has 1 amide bonds. The summed E-state index contributed by atoms with van der Waals surface area (Å²) in [6.07, 6.45) is 1.71. The molecule has 1 heterocycles. The quantitative estimate of drug-likeness (QED) is 0.780. The molecule has 100 valence electrons. The van der Waals surface area contributed by atoms with Crippen molar-refractivity contribution in [1.29, 1.82) is 0 Å².